The van der Waals surface area contributed by atoms with Crippen LogP contribution in [0.5, 0.6) is 0 Å². The maximum absolute atomic E-state index is 13.1. The van der Waals surface area contributed by atoms with E-state index in [1.54, 1.807) is 12.3 Å². The van der Waals surface area contributed by atoms with Gasteiger partial charge in [-0.1, -0.05) is 0 Å². The molecule has 0 radical (unpaired) electrons. The van der Waals surface area contributed by atoms with Crippen LogP contribution in [-0.2, 0) is 4.79 Å². The number of hydrogen-bond donors (Lipinski definition) is 0. The molecule has 1 aliphatic heterocycles. The molecule has 1 aromatic carbocycles. The summed E-state index contributed by atoms with van der Waals surface area (Å²) in [6.45, 7) is 1.58. The second-order valence-electron chi connectivity index (χ2n) is 4.83. The predicted octanol–water partition coefficient (Wildman–Crippen LogP) is 2.18. The van der Waals surface area contributed by atoms with E-state index in [1.165, 1.54) is 12.1 Å². The van der Waals surface area contributed by atoms with Crippen molar-refractivity contribution in [1.29, 1.82) is 0 Å². The van der Waals surface area contributed by atoms with Gasteiger partial charge in [-0.15, -0.1) is 0 Å². The summed E-state index contributed by atoms with van der Waals surface area (Å²) in [4.78, 5) is 21.5. The zero-order valence-electron chi connectivity index (χ0n) is 10.4. The van der Waals surface area contributed by atoms with Crippen molar-refractivity contribution in [2.45, 2.75) is 12.8 Å². The fourth-order valence-corrected chi connectivity index (χ4v) is 2.38. The quantitative estimate of drug-likeness (QED) is 0.775. The Kier molecular flexibility index (Phi) is 3.11. The molecule has 3 rings (SSSR count). The number of carbonyl (C=O) groups is 1. The van der Waals surface area contributed by atoms with Gasteiger partial charge in [-0.2, -0.15) is 0 Å². The SMILES string of the molecule is O=CC1CCN(c2ncc3cc(F)ccc3n2)CC1. The highest BCUT2D eigenvalue weighted by atomic mass is 19.1. The molecule has 0 aliphatic carbocycles. The average molecular weight is 259 g/mol. The Labute approximate surface area is 110 Å². The molecule has 1 fully saturated rings. The number of aldehydes is 1. The van der Waals surface area contributed by atoms with Crippen molar-refractivity contribution in [1.82, 2.24) is 9.97 Å². The Morgan fingerprint density at radius 1 is 1.32 bits per heavy atom. The van der Waals surface area contributed by atoms with Gasteiger partial charge in [0.25, 0.3) is 0 Å². The Hall–Kier alpha value is -2.04. The number of hydrogen-bond acceptors (Lipinski definition) is 4. The molecular formula is C14H14FN3O. The van der Waals surface area contributed by atoms with Gasteiger partial charge >= 0.3 is 0 Å². The first-order valence-electron chi connectivity index (χ1n) is 6.39. The maximum atomic E-state index is 13.1. The van der Waals surface area contributed by atoms with Gasteiger partial charge in [-0.05, 0) is 31.0 Å². The van der Waals surface area contributed by atoms with Crippen molar-refractivity contribution >= 4 is 23.1 Å². The zero-order chi connectivity index (χ0) is 13.2. The summed E-state index contributed by atoms with van der Waals surface area (Å²) in [5.74, 6) is 0.532. The van der Waals surface area contributed by atoms with Gasteiger partial charge in [0.1, 0.15) is 12.1 Å². The van der Waals surface area contributed by atoms with Crippen LogP contribution >= 0.6 is 0 Å². The van der Waals surface area contributed by atoms with E-state index in [2.05, 4.69) is 14.9 Å². The van der Waals surface area contributed by atoms with Crippen LogP contribution in [0.2, 0.25) is 0 Å². The van der Waals surface area contributed by atoms with Crippen molar-refractivity contribution in [3.8, 4) is 0 Å². The van der Waals surface area contributed by atoms with E-state index in [1.807, 2.05) is 0 Å². The van der Waals surface area contributed by atoms with E-state index in [4.69, 9.17) is 0 Å². The predicted molar refractivity (Wildman–Crippen MR) is 70.5 cm³/mol. The van der Waals surface area contributed by atoms with Crippen molar-refractivity contribution in [2.24, 2.45) is 5.92 Å². The summed E-state index contributed by atoms with van der Waals surface area (Å²) in [5, 5.41) is 0.700. The first-order chi connectivity index (χ1) is 9.26. The molecule has 5 heteroatoms. The molecule has 1 aliphatic rings. The van der Waals surface area contributed by atoms with Gasteiger partial charge in [-0.25, -0.2) is 14.4 Å². The first kappa shape index (κ1) is 12.0. The summed E-state index contributed by atoms with van der Waals surface area (Å²) in [6.07, 6.45) is 4.36. The topological polar surface area (TPSA) is 46.1 Å². The molecule has 2 aromatic rings. The van der Waals surface area contributed by atoms with Crippen LogP contribution < -0.4 is 4.90 Å². The largest absolute Gasteiger partial charge is 0.341 e. The first-order valence-corrected chi connectivity index (χ1v) is 6.39. The highest BCUT2D eigenvalue weighted by Crippen LogP contribution is 2.21. The average Bonchev–Trinajstić information content (AvgIpc) is 2.47. The number of carbonyl (C=O) groups excluding carboxylic acids is 1. The Bertz CT molecular complexity index is 609. The fourth-order valence-electron chi connectivity index (χ4n) is 2.38. The van der Waals surface area contributed by atoms with E-state index in [0.717, 1.165) is 37.7 Å². The monoisotopic (exact) mass is 259 g/mol. The number of aromatic nitrogens is 2. The van der Waals surface area contributed by atoms with Gasteiger partial charge in [0.05, 0.1) is 5.52 Å². The van der Waals surface area contributed by atoms with Crippen LogP contribution in [-0.4, -0.2) is 29.3 Å². The van der Waals surface area contributed by atoms with Crippen LogP contribution in [0.1, 0.15) is 12.8 Å². The fraction of sp³-hybridized carbons (Fsp3) is 0.357. The molecule has 0 N–H and O–H groups in total. The lowest BCUT2D eigenvalue weighted by atomic mass is 9.99. The van der Waals surface area contributed by atoms with Crippen LogP contribution in [0.4, 0.5) is 10.3 Å². The van der Waals surface area contributed by atoms with Gasteiger partial charge in [0, 0.05) is 30.6 Å². The summed E-state index contributed by atoms with van der Waals surface area (Å²) in [7, 11) is 0. The van der Waals surface area contributed by atoms with Crippen LogP contribution in [0.3, 0.4) is 0 Å². The van der Waals surface area contributed by atoms with Gasteiger partial charge < -0.3 is 9.69 Å². The number of anilines is 1. The van der Waals surface area contributed by atoms with Crippen molar-refractivity contribution in [3.05, 3.63) is 30.2 Å². The maximum Gasteiger partial charge on any atom is 0.225 e. The third-order valence-electron chi connectivity index (χ3n) is 3.54. The van der Waals surface area contributed by atoms with E-state index in [0.29, 0.717) is 11.3 Å². The molecule has 4 nitrogen and oxygen atoms in total. The minimum Gasteiger partial charge on any atom is -0.341 e. The smallest absolute Gasteiger partial charge is 0.225 e. The minimum atomic E-state index is -0.282. The molecule has 98 valence electrons. The van der Waals surface area contributed by atoms with E-state index < -0.39 is 0 Å². The Balaban J connectivity index is 1.85. The van der Waals surface area contributed by atoms with E-state index in [9.17, 15) is 9.18 Å². The third-order valence-corrected chi connectivity index (χ3v) is 3.54. The number of halogens is 1. The molecule has 1 aromatic heterocycles. The molecule has 19 heavy (non-hydrogen) atoms. The summed E-state index contributed by atoms with van der Waals surface area (Å²) >= 11 is 0. The summed E-state index contributed by atoms with van der Waals surface area (Å²) in [5.41, 5.74) is 0.740. The molecule has 0 atom stereocenters. The van der Waals surface area contributed by atoms with E-state index in [-0.39, 0.29) is 11.7 Å². The summed E-state index contributed by atoms with van der Waals surface area (Å²) in [6, 6.07) is 4.49. The molecule has 0 amide bonds. The molecular weight excluding hydrogens is 245 g/mol. The standard InChI is InChI=1S/C14H14FN3O/c15-12-1-2-13-11(7-12)8-16-14(17-13)18-5-3-10(9-19)4-6-18/h1-2,7-10H,3-6H2. The number of fused-ring (bicyclic) bond motifs is 1. The lowest BCUT2D eigenvalue weighted by Crippen LogP contribution is -2.35. The van der Waals surface area contributed by atoms with Gasteiger partial charge in [0.15, 0.2) is 0 Å². The molecule has 0 unspecified atom stereocenters. The van der Waals surface area contributed by atoms with Crippen molar-refractivity contribution < 1.29 is 9.18 Å². The number of benzene rings is 1. The second-order valence-corrected chi connectivity index (χ2v) is 4.83. The third kappa shape index (κ3) is 2.41. The van der Waals surface area contributed by atoms with E-state index >= 15 is 0 Å². The normalized spacial score (nSPS) is 16.8. The van der Waals surface area contributed by atoms with Crippen LogP contribution in [0.15, 0.2) is 24.4 Å². The zero-order valence-corrected chi connectivity index (χ0v) is 10.4. The molecule has 0 spiro atoms. The van der Waals surface area contributed by atoms with Crippen molar-refractivity contribution in [3.63, 3.8) is 0 Å². The lowest BCUT2D eigenvalue weighted by molar-refractivity contribution is -0.111. The summed E-state index contributed by atoms with van der Waals surface area (Å²) < 4.78 is 13.1. The molecule has 0 bridgehead atoms. The van der Waals surface area contributed by atoms with Crippen molar-refractivity contribution in [2.75, 3.05) is 18.0 Å². The molecule has 0 saturated carbocycles. The molecule has 1 saturated heterocycles. The van der Waals surface area contributed by atoms with Gasteiger partial charge in [-0.3, -0.25) is 0 Å². The highest BCUT2D eigenvalue weighted by molar-refractivity contribution is 5.78. The second kappa shape index (κ2) is 4.91. The lowest BCUT2D eigenvalue weighted by Gasteiger charge is -2.29. The highest BCUT2D eigenvalue weighted by Gasteiger charge is 2.20. The molecule has 2 heterocycles. The minimum absolute atomic E-state index is 0.158. The van der Waals surface area contributed by atoms with Crippen LogP contribution in [0, 0.1) is 11.7 Å². The Morgan fingerprint density at radius 2 is 2.11 bits per heavy atom. The van der Waals surface area contributed by atoms with Gasteiger partial charge in [0.2, 0.25) is 5.95 Å². The van der Waals surface area contributed by atoms with Crippen LogP contribution in [0.25, 0.3) is 10.9 Å². The number of piperidine rings is 1. The number of rotatable bonds is 2. The number of nitrogens with zero attached hydrogens (tertiary/aromatic N) is 3. The Morgan fingerprint density at radius 3 is 2.84 bits per heavy atom.